The van der Waals surface area contributed by atoms with Gasteiger partial charge in [-0.15, -0.1) is 0 Å². The predicted octanol–water partition coefficient (Wildman–Crippen LogP) is 2.58. The summed E-state index contributed by atoms with van der Waals surface area (Å²) >= 11 is 0. The van der Waals surface area contributed by atoms with E-state index in [9.17, 15) is 19.1 Å². The zero-order chi connectivity index (χ0) is 18.7. The zero-order valence-corrected chi connectivity index (χ0v) is 14.6. The van der Waals surface area contributed by atoms with Gasteiger partial charge in [-0.3, -0.25) is 4.79 Å². The number of carbonyl (C=O) groups is 2. The van der Waals surface area contributed by atoms with Gasteiger partial charge in [0.1, 0.15) is 12.0 Å². The summed E-state index contributed by atoms with van der Waals surface area (Å²) in [5.74, 6) is -2.50. The van der Waals surface area contributed by atoms with Crippen molar-refractivity contribution < 1.29 is 19.1 Å². The van der Waals surface area contributed by atoms with Crippen molar-refractivity contribution in [3.63, 3.8) is 0 Å². The largest absolute Gasteiger partial charge is 0.508 e. The van der Waals surface area contributed by atoms with Crippen LogP contribution in [0.3, 0.4) is 0 Å². The lowest BCUT2D eigenvalue weighted by molar-refractivity contribution is -0.109. The highest BCUT2D eigenvalue weighted by atomic mass is 19.1. The van der Waals surface area contributed by atoms with Crippen molar-refractivity contribution in [2.24, 2.45) is 5.92 Å². The number of hydrogen-bond acceptors (Lipinski definition) is 4. The first-order valence-corrected chi connectivity index (χ1v) is 8.51. The predicted molar refractivity (Wildman–Crippen MR) is 97.3 cm³/mol. The molecular formula is C20H21FN2O3. The van der Waals surface area contributed by atoms with Crippen molar-refractivity contribution in [1.29, 1.82) is 0 Å². The molecule has 5 nitrogen and oxygen atoms in total. The van der Waals surface area contributed by atoms with Crippen LogP contribution < -0.4 is 0 Å². The monoisotopic (exact) mass is 356 g/mol. The van der Waals surface area contributed by atoms with Gasteiger partial charge in [0.2, 0.25) is 0 Å². The van der Waals surface area contributed by atoms with E-state index in [4.69, 9.17) is 0 Å². The Bertz CT molecular complexity index is 805. The molecule has 1 fully saturated rings. The van der Waals surface area contributed by atoms with Gasteiger partial charge in [0, 0.05) is 31.7 Å². The van der Waals surface area contributed by atoms with Gasteiger partial charge in [-0.25, -0.2) is 4.39 Å². The Labute approximate surface area is 151 Å². The van der Waals surface area contributed by atoms with Gasteiger partial charge in [0.25, 0.3) is 5.91 Å². The number of aliphatic hydroxyl groups excluding tert-OH is 1. The maximum atomic E-state index is 14.1. The Kier molecular flexibility index (Phi) is 5.32. The maximum absolute atomic E-state index is 14.1. The van der Waals surface area contributed by atoms with Crippen molar-refractivity contribution in [3.05, 3.63) is 65.2 Å². The first kappa shape index (κ1) is 18.1. The number of piperazine rings is 1. The fourth-order valence-corrected chi connectivity index (χ4v) is 3.03. The van der Waals surface area contributed by atoms with Crippen LogP contribution in [0.2, 0.25) is 0 Å². The highest BCUT2D eigenvalue weighted by Crippen LogP contribution is 2.27. The molecule has 1 aliphatic carbocycles. The molecule has 1 saturated heterocycles. The number of amides is 1. The van der Waals surface area contributed by atoms with E-state index >= 15 is 0 Å². The number of rotatable bonds is 3. The number of hydrogen-bond donors (Lipinski definition) is 1. The second-order valence-corrected chi connectivity index (χ2v) is 6.53. The van der Waals surface area contributed by atoms with E-state index < -0.39 is 17.5 Å². The van der Waals surface area contributed by atoms with Crippen LogP contribution in [0.15, 0.2) is 54.1 Å². The fourth-order valence-electron chi connectivity index (χ4n) is 3.03. The molecule has 1 N–H and O–H groups in total. The third kappa shape index (κ3) is 3.75. The third-order valence-corrected chi connectivity index (χ3v) is 4.71. The molecule has 1 heterocycles. The molecule has 1 aromatic carbocycles. The summed E-state index contributed by atoms with van der Waals surface area (Å²) in [7, 11) is 2.03. The van der Waals surface area contributed by atoms with Gasteiger partial charge in [0.05, 0.1) is 5.92 Å². The molecule has 2 aliphatic rings. The van der Waals surface area contributed by atoms with E-state index in [2.05, 4.69) is 4.90 Å². The van der Waals surface area contributed by atoms with Crippen molar-refractivity contribution in [1.82, 2.24) is 9.80 Å². The van der Waals surface area contributed by atoms with Crippen LogP contribution in [-0.4, -0.2) is 60.3 Å². The molecule has 26 heavy (non-hydrogen) atoms. The number of carbonyl (C=O) groups excluding carboxylic acids is 2. The van der Waals surface area contributed by atoms with E-state index in [-0.39, 0.29) is 5.91 Å². The van der Waals surface area contributed by atoms with Crippen LogP contribution in [0.1, 0.15) is 15.9 Å². The summed E-state index contributed by atoms with van der Waals surface area (Å²) in [5.41, 5.74) is 1.67. The number of nitrogens with zero attached hydrogens (tertiary/aromatic N) is 2. The molecule has 1 amide bonds. The SMILES string of the molecule is CN1CCN(C(=O)c2cccc(C3=CC(F)=C(O)C(C=O)C=C3)c2)CC1. The highest BCUT2D eigenvalue weighted by Gasteiger charge is 2.21. The summed E-state index contributed by atoms with van der Waals surface area (Å²) in [6, 6.07) is 6.96. The molecule has 1 aliphatic heterocycles. The van der Waals surface area contributed by atoms with Crippen LogP contribution in [-0.2, 0) is 4.79 Å². The van der Waals surface area contributed by atoms with Crippen LogP contribution in [0.5, 0.6) is 0 Å². The third-order valence-electron chi connectivity index (χ3n) is 4.71. The molecule has 0 spiro atoms. The number of halogens is 1. The van der Waals surface area contributed by atoms with E-state index in [1.807, 2.05) is 11.9 Å². The van der Waals surface area contributed by atoms with Gasteiger partial charge in [0.15, 0.2) is 5.83 Å². The Morgan fingerprint density at radius 3 is 2.69 bits per heavy atom. The summed E-state index contributed by atoms with van der Waals surface area (Å²) in [5, 5.41) is 9.73. The lowest BCUT2D eigenvalue weighted by Crippen LogP contribution is -2.47. The fraction of sp³-hybridized carbons (Fsp3) is 0.300. The van der Waals surface area contributed by atoms with Gasteiger partial charge >= 0.3 is 0 Å². The molecule has 0 aromatic heterocycles. The molecule has 6 heteroatoms. The summed E-state index contributed by atoms with van der Waals surface area (Å²) in [4.78, 5) is 27.7. The van der Waals surface area contributed by atoms with Crippen molar-refractivity contribution in [2.45, 2.75) is 0 Å². The molecule has 3 rings (SSSR count). The first-order valence-electron chi connectivity index (χ1n) is 8.51. The second-order valence-electron chi connectivity index (χ2n) is 6.53. The van der Waals surface area contributed by atoms with Gasteiger partial charge < -0.3 is 19.7 Å². The number of allylic oxidation sites excluding steroid dienone is 5. The standard InChI is InChI=1S/C20H21FN2O3/c1-22-7-9-23(10-8-22)20(26)16-4-2-3-14(11-16)15-5-6-17(13-24)19(25)18(21)12-15/h2-6,11-13,17,25H,7-10H2,1H3. The number of benzene rings is 1. The first-order chi connectivity index (χ1) is 12.5. The maximum Gasteiger partial charge on any atom is 0.253 e. The topological polar surface area (TPSA) is 60.9 Å². The highest BCUT2D eigenvalue weighted by molar-refractivity contribution is 5.95. The molecule has 1 atom stereocenters. The summed E-state index contributed by atoms with van der Waals surface area (Å²) in [6.07, 6.45) is 4.68. The Hall–Kier alpha value is -2.73. The smallest absolute Gasteiger partial charge is 0.253 e. The molecule has 136 valence electrons. The van der Waals surface area contributed by atoms with Crippen LogP contribution in [0.4, 0.5) is 4.39 Å². The summed E-state index contributed by atoms with van der Waals surface area (Å²) in [6.45, 7) is 3.02. The normalized spacial score (nSPS) is 21.4. The van der Waals surface area contributed by atoms with Crippen LogP contribution in [0, 0.1) is 5.92 Å². The average molecular weight is 356 g/mol. The van der Waals surface area contributed by atoms with E-state index in [1.165, 1.54) is 12.2 Å². The van der Waals surface area contributed by atoms with Crippen molar-refractivity contribution in [3.8, 4) is 0 Å². The van der Waals surface area contributed by atoms with Gasteiger partial charge in [-0.05, 0) is 36.4 Å². The second kappa shape index (κ2) is 7.66. The van der Waals surface area contributed by atoms with E-state index in [1.54, 1.807) is 30.3 Å². The lowest BCUT2D eigenvalue weighted by Gasteiger charge is -2.32. The quantitative estimate of drug-likeness (QED) is 0.846. The molecule has 0 saturated carbocycles. The number of likely N-dealkylation sites (N-methyl/N-ethyl adjacent to an activating group) is 1. The van der Waals surface area contributed by atoms with Crippen molar-refractivity contribution in [2.75, 3.05) is 33.2 Å². The lowest BCUT2D eigenvalue weighted by atomic mass is 10.0. The van der Waals surface area contributed by atoms with E-state index in [0.29, 0.717) is 36.1 Å². The van der Waals surface area contributed by atoms with Crippen LogP contribution >= 0.6 is 0 Å². The van der Waals surface area contributed by atoms with Crippen LogP contribution in [0.25, 0.3) is 5.57 Å². The Morgan fingerprint density at radius 2 is 2.00 bits per heavy atom. The Balaban J connectivity index is 1.87. The minimum atomic E-state index is -1.00. The molecular weight excluding hydrogens is 335 g/mol. The minimum absolute atomic E-state index is 0.0530. The molecule has 0 radical (unpaired) electrons. The van der Waals surface area contributed by atoms with Gasteiger partial charge in [-0.1, -0.05) is 24.3 Å². The van der Waals surface area contributed by atoms with Gasteiger partial charge in [-0.2, -0.15) is 0 Å². The van der Waals surface area contributed by atoms with E-state index in [0.717, 1.165) is 13.1 Å². The molecule has 1 unspecified atom stereocenters. The summed E-state index contributed by atoms with van der Waals surface area (Å²) < 4.78 is 14.1. The number of aliphatic hydroxyl groups is 1. The average Bonchev–Trinajstić information content (AvgIpc) is 2.81. The molecule has 0 bridgehead atoms. The minimum Gasteiger partial charge on any atom is -0.508 e. The number of aldehydes is 1. The van der Waals surface area contributed by atoms with Crippen molar-refractivity contribution >= 4 is 17.8 Å². The molecule has 1 aromatic rings. The zero-order valence-electron chi connectivity index (χ0n) is 14.6. The Morgan fingerprint density at radius 1 is 1.27 bits per heavy atom.